The summed E-state index contributed by atoms with van der Waals surface area (Å²) in [6.45, 7) is 9.63. The molecule has 0 radical (unpaired) electrons. The summed E-state index contributed by atoms with van der Waals surface area (Å²) in [6.07, 6.45) is 1.28. The average molecular weight is 369 g/mol. The molecule has 140 valence electrons. The zero-order chi connectivity index (χ0) is 18.7. The van der Waals surface area contributed by atoms with Gasteiger partial charge in [-0.05, 0) is 24.8 Å². The molecule has 0 spiro atoms. The molecule has 1 unspecified atom stereocenters. The Labute approximate surface area is 150 Å². The van der Waals surface area contributed by atoms with Crippen LogP contribution in [0.3, 0.4) is 0 Å². The van der Waals surface area contributed by atoms with Crippen LogP contribution in [0.4, 0.5) is 4.79 Å². The van der Waals surface area contributed by atoms with Crippen molar-refractivity contribution in [3.8, 4) is 0 Å². The summed E-state index contributed by atoms with van der Waals surface area (Å²) in [5.41, 5.74) is 0.869. The number of hydrogen-bond donors (Lipinski definition) is 1. The van der Waals surface area contributed by atoms with Crippen molar-refractivity contribution in [2.45, 2.75) is 39.6 Å². The summed E-state index contributed by atoms with van der Waals surface area (Å²) in [5, 5.41) is 2.64. The second-order valence-electron chi connectivity index (χ2n) is 5.89. The predicted molar refractivity (Wildman–Crippen MR) is 98.4 cm³/mol. The van der Waals surface area contributed by atoms with E-state index in [1.165, 1.54) is 6.08 Å². The smallest absolute Gasteiger partial charge is 0.408 e. The van der Waals surface area contributed by atoms with Crippen LogP contribution in [0.1, 0.15) is 32.8 Å². The lowest BCUT2D eigenvalue weighted by molar-refractivity contribution is 0.133. The van der Waals surface area contributed by atoms with E-state index < -0.39 is 19.5 Å². The van der Waals surface area contributed by atoms with Gasteiger partial charge in [0.25, 0.3) is 0 Å². The molecule has 0 fully saturated rings. The van der Waals surface area contributed by atoms with Gasteiger partial charge in [0.2, 0.25) is 0 Å². The molecule has 1 N–H and O–H groups in total. The van der Waals surface area contributed by atoms with Crippen LogP contribution in [0.2, 0.25) is 0 Å². The van der Waals surface area contributed by atoms with Gasteiger partial charge in [0.05, 0.1) is 13.2 Å². The fourth-order valence-electron chi connectivity index (χ4n) is 2.17. The maximum atomic E-state index is 13.1. The van der Waals surface area contributed by atoms with Crippen molar-refractivity contribution < 1.29 is 23.1 Å². The Hall–Kier alpha value is -1.62. The molecule has 0 aromatic heterocycles. The predicted octanol–water partition coefficient (Wildman–Crippen LogP) is 4.72. The van der Waals surface area contributed by atoms with Crippen LogP contribution >= 0.6 is 7.60 Å². The van der Waals surface area contributed by atoms with Crippen molar-refractivity contribution in [2.75, 3.05) is 13.2 Å². The lowest BCUT2D eigenvalue weighted by atomic mass is 10.1. The summed E-state index contributed by atoms with van der Waals surface area (Å²) in [6, 6.07) is 9.33. The Balaban J connectivity index is 2.76. The van der Waals surface area contributed by atoms with Crippen LogP contribution < -0.4 is 5.32 Å². The van der Waals surface area contributed by atoms with Gasteiger partial charge in [0.1, 0.15) is 12.4 Å². The van der Waals surface area contributed by atoms with E-state index in [9.17, 15) is 9.36 Å². The molecule has 6 nitrogen and oxygen atoms in total. The third-order valence-electron chi connectivity index (χ3n) is 3.25. The van der Waals surface area contributed by atoms with Gasteiger partial charge in [-0.25, -0.2) is 4.79 Å². The van der Waals surface area contributed by atoms with Crippen molar-refractivity contribution in [3.05, 3.63) is 48.6 Å². The average Bonchev–Trinajstić information content (AvgIpc) is 2.58. The largest absolute Gasteiger partial charge is 0.445 e. The highest BCUT2D eigenvalue weighted by molar-refractivity contribution is 7.54. The maximum absolute atomic E-state index is 13.1. The van der Waals surface area contributed by atoms with E-state index in [0.29, 0.717) is 6.42 Å². The van der Waals surface area contributed by atoms with Gasteiger partial charge in [0.15, 0.2) is 0 Å². The van der Waals surface area contributed by atoms with E-state index in [-0.39, 0.29) is 25.7 Å². The van der Waals surface area contributed by atoms with Gasteiger partial charge in [-0.3, -0.25) is 4.57 Å². The quantitative estimate of drug-likeness (QED) is 0.451. The SMILES string of the molecule is C=CCOP(=O)(OCC)[C@H](CC(C)C)NC(=O)OCc1ccccc1. The molecule has 0 aliphatic heterocycles. The monoisotopic (exact) mass is 369 g/mol. The standard InChI is InChI=1S/C18H28NO5P/c1-5-12-24-25(21,23-6-2)17(13-15(3)4)19-18(20)22-14-16-10-8-7-9-11-16/h5,7-11,15,17H,1,6,12-14H2,2-4H3,(H,19,20)/t17-,25?/m1/s1. The molecule has 0 saturated heterocycles. The molecule has 25 heavy (non-hydrogen) atoms. The van der Waals surface area contributed by atoms with Gasteiger partial charge < -0.3 is 19.1 Å². The number of carbonyl (C=O) groups excluding carboxylic acids is 1. The summed E-state index contributed by atoms with van der Waals surface area (Å²) in [4.78, 5) is 12.1. The van der Waals surface area contributed by atoms with E-state index >= 15 is 0 Å². The van der Waals surface area contributed by atoms with Crippen molar-refractivity contribution in [1.82, 2.24) is 5.32 Å². The van der Waals surface area contributed by atoms with E-state index in [2.05, 4.69) is 11.9 Å². The van der Waals surface area contributed by atoms with Gasteiger partial charge in [-0.15, -0.1) is 6.58 Å². The number of hydrogen-bond acceptors (Lipinski definition) is 5. The van der Waals surface area contributed by atoms with Gasteiger partial charge in [-0.2, -0.15) is 0 Å². The molecular weight excluding hydrogens is 341 g/mol. The molecule has 1 aromatic rings. The Bertz CT molecular complexity index is 576. The number of benzene rings is 1. The molecular formula is C18H28NO5P. The number of ether oxygens (including phenoxy) is 1. The lowest BCUT2D eigenvalue weighted by Crippen LogP contribution is -2.37. The Morgan fingerprint density at radius 3 is 2.52 bits per heavy atom. The maximum Gasteiger partial charge on any atom is 0.408 e. The normalized spacial score (nSPS) is 14.6. The second-order valence-corrected chi connectivity index (χ2v) is 8.11. The first-order valence-corrected chi connectivity index (χ1v) is 9.99. The van der Waals surface area contributed by atoms with E-state index in [4.69, 9.17) is 13.8 Å². The zero-order valence-electron chi connectivity index (χ0n) is 15.1. The van der Waals surface area contributed by atoms with Crippen molar-refractivity contribution >= 4 is 13.7 Å². The molecule has 7 heteroatoms. The first kappa shape index (κ1) is 21.4. The summed E-state index contributed by atoms with van der Waals surface area (Å²) in [7, 11) is -3.53. The first-order valence-electron chi connectivity index (χ1n) is 8.38. The van der Waals surface area contributed by atoms with Gasteiger partial charge in [-0.1, -0.05) is 50.3 Å². The van der Waals surface area contributed by atoms with Crippen LogP contribution in [0.25, 0.3) is 0 Å². The Morgan fingerprint density at radius 1 is 1.28 bits per heavy atom. The highest BCUT2D eigenvalue weighted by Crippen LogP contribution is 2.53. The topological polar surface area (TPSA) is 73.9 Å². The highest BCUT2D eigenvalue weighted by atomic mass is 31.2. The lowest BCUT2D eigenvalue weighted by Gasteiger charge is -2.28. The molecule has 2 atom stereocenters. The molecule has 0 saturated carbocycles. The Kier molecular flexibility index (Phi) is 9.50. The Morgan fingerprint density at radius 2 is 1.96 bits per heavy atom. The van der Waals surface area contributed by atoms with E-state index in [0.717, 1.165) is 5.56 Å². The number of carbonyl (C=O) groups is 1. The van der Waals surface area contributed by atoms with Crippen molar-refractivity contribution in [3.63, 3.8) is 0 Å². The molecule has 0 aliphatic rings. The number of nitrogens with one attached hydrogen (secondary N) is 1. The molecule has 0 aliphatic carbocycles. The van der Waals surface area contributed by atoms with Gasteiger partial charge >= 0.3 is 13.7 Å². The van der Waals surface area contributed by atoms with Crippen molar-refractivity contribution in [1.29, 1.82) is 0 Å². The van der Waals surface area contributed by atoms with Crippen LogP contribution in [0.15, 0.2) is 43.0 Å². The fraction of sp³-hybridized carbons (Fsp3) is 0.500. The molecule has 1 rings (SSSR count). The first-order chi connectivity index (χ1) is 11.9. The van der Waals surface area contributed by atoms with Crippen LogP contribution in [0.5, 0.6) is 0 Å². The van der Waals surface area contributed by atoms with Crippen LogP contribution in [0, 0.1) is 5.92 Å². The minimum absolute atomic E-state index is 0.0760. The molecule has 0 bridgehead atoms. The summed E-state index contributed by atoms with van der Waals surface area (Å²) in [5.74, 6) is -0.601. The van der Waals surface area contributed by atoms with Crippen LogP contribution in [-0.2, 0) is 25.0 Å². The minimum atomic E-state index is -3.53. The number of rotatable bonds is 11. The van der Waals surface area contributed by atoms with Crippen molar-refractivity contribution in [2.24, 2.45) is 5.92 Å². The third kappa shape index (κ3) is 7.86. The third-order valence-corrected chi connectivity index (χ3v) is 5.49. The summed E-state index contributed by atoms with van der Waals surface area (Å²) >= 11 is 0. The number of amides is 1. The second kappa shape index (κ2) is 11.1. The molecule has 1 amide bonds. The van der Waals surface area contributed by atoms with E-state index in [1.54, 1.807) is 6.92 Å². The molecule has 1 aromatic carbocycles. The number of alkyl carbamates (subject to hydrolysis) is 1. The summed E-state index contributed by atoms with van der Waals surface area (Å²) < 4.78 is 29.0. The molecule has 0 heterocycles. The fourth-order valence-corrected chi connectivity index (χ4v) is 4.22. The minimum Gasteiger partial charge on any atom is -0.445 e. The zero-order valence-corrected chi connectivity index (χ0v) is 16.0. The van der Waals surface area contributed by atoms with E-state index in [1.807, 2.05) is 44.2 Å². The van der Waals surface area contributed by atoms with Gasteiger partial charge in [0, 0.05) is 0 Å². The van der Waals surface area contributed by atoms with Crippen LogP contribution in [-0.4, -0.2) is 25.1 Å². The highest BCUT2D eigenvalue weighted by Gasteiger charge is 2.37.